The predicted molar refractivity (Wildman–Crippen MR) is 153 cm³/mol. The molecule has 1 aliphatic rings. The highest BCUT2D eigenvalue weighted by Crippen LogP contribution is 2.37. The van der Waals surface area contributed by atoms with Gasteiger partial charge in [-0.3, -0.25) is 14.4 Å². The van der Waals surface area contributed by atoms with E-state index in [0.717, 1.165) is 27.9 Å². The molecule has 1 atom stereocenters. The van der Waals surface area contributed by atoms with Crippen molar-refractivity contribution in [3.8, 4) is 11.1 Å². The second-order valence-electron chi connectivity index (χ2n) is 9.84. The van der Waals surface area contributed by atoms with Crippen molar-refractivity contribution in [3.05, 3.63) is 119 Å². The summed E-state index contributed by atoms with van der Waals surface area (Å²) >= 11 is 0. The summed E-state index contributed by atoms with van der Waals surface area (Å²) in [5.74, 6) is -1.34. The maximum absolute atomic E-state index is 13.6. The molecule has 0 aromatic heterocycles. The highest BCUT2D eigenvalue weighted by molar-refractivity contribution is 6.10. The molecular weight excluding hydrogens is 488 g/mol. The third kappa shape index (κ3) is 5.60. The number of anilines is 2. The molecule has 0 bridgehead atoms. The number of nitrogens with one attached hydrogen (secondary N) is 1. The van der Waals surface area contributed by atoms with Crippen LogP contribution in [-0.4, -0.2) is 29.4 Å². The lowest BCUT2D eigenvalue weighted by Crippen LogP contribution is -2.31. The molecule has 1 unspecified atom stereocenters. The van der Waals surface area contributed by atoms with Crippen LogP contribution in [0.4, 0.5) is 11.4 Å². The molecule has 0 saturated carbocycles. The van der Waals surface area contributed by atoms with Crippen LogP contribution in [0, 0.1) is 6.92 Å². The van der Waals surface area contributed by atoms with Crippen LogP contribution in [0.3, 0.4) is 0 Å². The number of fused-ring (bicyclic) bond motifs is 1. The van der Waals surface area contributed by atoms with E-state index in [1.54, 1.807) is 29.2 Å². The molecule has 5 rings (SSSR count). The number of rotatable bonds is 6. The third-order valence-electron chi connectivity index (χ3n) is 7.26. The Hall–Kier alpha value is -4.71. The summed E-state index contributed by atoms with van der Waals surface area (Å²) in [5, 5.41) is 12.3. The average Bonchev–Trinajstić information content (AvgIpc) is 3.12. The number of aliphatic carboxylic acids is 1. The van der Waals surface area contributed by atoms with Crippen molar-refractivity contribution in [2.45, 2.75) is 32.1 Å². The van der Waals surface area contributed by atoms with Gasteiger partial charge < -0.3 is 15.3 Å². The Morgan fingerprint density at radius 2 is 1.51 bits per heavy atom. The molecule has 0 saturated heterocycles. The molecule has 1 heterocycles. The Labute approximate surface area is 227 Å². The lowest BCUT2D eigenvalue weighted by Gasteiger charge is -2.24. The topological polar surface area (TPSA) is 86.7 Å². The van der Waals surface area contributed by atoms with E-state index in [0.29, 0.717) is 36.2 Å². The van der Waals surface area contributed by atoms with E-state index >= 15 is 0 Å². The molecule has 4 aromatic carbocycles. The third-order valence-corrected chi connectivity index (χ3v) is 7.26. The fourth-order valence-corrected chi connectivity index (χ4v) is 5.33. The molecule has 196 valence electrons. The van der Waals surface area contributed by atoms with E-state index in [1.807, 2.05) is 79.7 Å². The van der Waals surface area contributed by atoms with Crippen LogP contribution in [0.25, 0.3) is 11.1 Å². The molecule has 0 aliphatic carbocycles. The number of aryl methyl sites for hydroxylation is 1. The van der Waals surface area contributed by atoms with Crippen molar-refractivity contribution >= 4 is 29.2 Å². The number of hydrogen-bond acceptors (Lipinski definition) is 3. The summed E-state index contributed by atoms with van der Waals surface area (Å²) in [6.45, 7) is 2.54. The standard InChI is InChI=1S/C33H30N2O4/c1-22-9-2-3-11-26(22)28-13-4-5-14-29(28)32(38)34-25-18-16-23(17-19-25)33(39)35-20-8-10-24(21-31(36)37)27-12-6-7-15-30(27)35/h2-7,9,11-19,24H,8,10,20-21H2,1H3,(H,34,38)(H,36,37). The molecule has 0 spiro atoms. The number of amides is 2. The Morgan fingerprint density at radius 1 is 0.846 bits per heavy atom. The number of hydrogen-bond donors (Lipinski definition) is 2. The lowest BCUT2D eigenvalue weighted by molar-refractivity contribution is -0.137. The molecule has 39 heavy (non-hydrogen) atoms. The van der Waals surface area contributed by atoms with Gasteiger partial charge in [0.2, 0.25) is 0 Å². The molecule has 0 radical (unpaired) electrons. The first-order valence-corrected chi connectivity index (χ1v) is 13.1. The number of nitrogens with zero attached hydrogens (tertiary/aromatic N) is 1. The van der Waals surface area contributed by atoms with Gasteiger partial charge in [-0.2, -0.15) is 0 Å². The van der Waals surface area contributed by atoms with Gasteiger partial charge in [-0.1, -0.05) is 60.7 Å². The Bertz CT molecular complexity index is 1530. The maximum atomic E-state index is 13.6. The first-order valence-electron chi connectivity index (χ1n) is 13.1. The minimum Gasteiger partial charge on any atom is -0.481 e. The smallest absolute Gasteiger partial charge is 0.303 e. The van der Waals surface area contributed by atoms with Crippen molar-refractivity contribution in [2.75, 3.05) is 16.8 Å². The van der Waals surface area contributed by atoms with Gasteiger partial charge in [0.15, 0.2) is 0 Å². The number of carboxylic acids is 1. The molecule has 0 fully saturated rings. The van der Waals surface area contributed by atoms with Crippen LogP contribution >= 0.6 is 0 Å². The molecule has 6 nitrogen and oxygen atoms in total. The first-order chi connectivity index (χ1) is 18.9. The number of carbonyl (C=O) groups is 3. The lowest BCUT2D eigenvalue weighted by atomic mass is 9.91. The van der Waals surface area contributed by atoms with Crippen molar-refractivity contribution in [1.82, 2.24) is 0 Å². The SMILES string of the molecule is Cc1ccccc1-c1ccccc1C(=O)Nc1ccc(C(=O)N2CCCC(CC(=O)O)c3ccccc32)cc1. The van der Waals surface area contributed by atoms with Crippen LogP contribution in [0.2, 0.25) is 0 Å². The summed E-state index contributed by atoms with van der Waals surface area (Å²) in [6.07, 6.45) is 1.47. The number of benzene rings is 4. The van der Waals surface area contributed by atoms with Gasteiger partial charge in [-0.05, 0) is 84.3 Å². The highest BCUT2D eigenvalue weighted by Gasteiger charge is 2.28. The quantitative estimate of drug-likeness (QED) is 0.290. The fourth-order valence-electron chi connectivity index (χ4n) is 5.33. The summed E-state index contributed by atoms with van der Waals surface area (Å²) in [7, 11) is 0. The fraction of sp³-hybridized carbons (Fsp3) is 0.182. The largest absolute Gasteiger partial charge is 0.481 e. The van der Waals surface area contributed by atoms with Crippen LogP contribution < -0.4 is 10.2 Å². The van der Waals surface area contributed by atoms with E-state index in [-0.39, 0.29) is 24.2 Å². The van der Waals surface area contributed by atoms with Gasteiger partial charge in [0.05, 0.1) is 6.42 Å². The average molecular weight is 519 g/mol. The van der Waals surface area contributed by atoms with E-state index in [4.69, 9.17) is 0 Å². The van der Waals surface area contributed by atoms with Crippen molar-refractivity contribution < 1.29 is 19.5 Å². The summed E-state index contributed by atoms with van der Waals surface area (Å²) in [5.41, 5.74) is 6.27. The summed E-state index contributed by atoms with van der Waals surface area (Å²) in [4.78, 5) is 40.0. The predicted octanol–water partition coefficient (Wildman–Crippen LogP) is 6.91. The van der Waals surface area contributed by atoms with Gasteiger partial charge in [0, 0.05) is 29.0 Å². The van der Waals surface area contributed by atoms with Gasteiger partial charge in [-0.15, -0.1) is 0 Å². The van der Waals surface area contributed by atoms with Crippen molar-refractivity contribution in [2.24, 2.45) is 0 Å². The number of carboxylic acid groups (broad SMARTS) is 1. The number of para-hydroxylation sites is 1. The maximum Gasteiger partial charge on any atom is 0.303 e. The first kappa shape index (κ1) is 25.9. The second kappa shape index (κ2) is 11.4. The van der Waals surface area contributed by atoms with Gasteiger partial charge in [0.1, 0.15) is 0 Å². The summed E-state index contributed by atoms with van der Waals surface area (Å²) in [6, 6.07) is 29.9. The zero-order chi connectivity index (χ0) is 27.4. The van der Waals surface area contributed by atoms with E-state index in [9.17, 15) is 19.5 Å². The van der Waals surface area contributed by atoms with Gasteiger partial charge in [0.25, 0.3) is 11.8 Å². The monoisotopic (exact) mass is 518 g/mol. The summed E-state index contributed by atoms with van der Waals surface area (Å²) < 4.78 is 0. The number of carbonyl (C=O) groups excluding carboxylic acids is 2. The Kier molecular flexibility index (Phi) is 7.55. The van der Waals surface area contributed by atoms with Crippen LogP contribution in [0.15, 0.2) is 97.1 Å². The second-order valence-corrected chi connectivity index (χ2v) is 9.84. The normalized spacial score (nSPS) is 14.7. The Balaban J connectivity index is 1.35. The van der Waals surface area contributed by atoms with E-state index in [1.165, 1.54) is 0 Å². The van der Waals surface area contributed by atoms with Gasteiger partial charge >= 0.3 is 5.97 Å². The molecule has 2 N–H and O–H groups in total. The van der Waals surface area contributed by atoms with Crippen molar-refractivity contribution in [3.63, 3.8) is 0 Å². The van der Waals surface area contributed by atoms with Gasteiger partial charge in [-0.25, -0.2) is 0 Å². The van der Waals surface area contributed by atoms with E-state index < -0.39 is 5.97 Å². The van der Waals surface area contributed by atoms with Crippen LogP contribution in [-0.2, 0) is 4.79 Å². The van der Waals surface area contributed by atoms with Crippen LogP contribution in [0.5, 0.6) is 0 Å². The molecule has 4 aromatic rings. The minimum atomic E-state index is -0.839. The molecule has 1 aliphatic heterocycles. The van der Waals surface area contributed by atoms with E-state index in [2.05, 4.69) is 5.32 Å². The minimum absolute atomic E-state index is 0.0421. The van der Waals surface area contributed by atoms with Crippen LogP contribution in [0.1, 0.15) is 57.0 Å². The zero-order valence-corrected chi connectivity index (χ0v) is 21.8. The zero-order valence-electron chi connectivity index (χ0n) is 21.8. The molecule has 2 amide bonds. The highest BCUT2D eigenvalue weighted by atomic mass is 16.4. The Morgan fingerprint density at radius 3 is 2.26 bits per heavy atom. The van der Waals surface area contributed by atoms with Crippen molar-refractivity contribution in [1.29, 1.82) is 0 Å². The molecule has 6 heteroatoms. The molecular formula is C33H30N2O4.